The van der Waals surface area contributed by atoms with Gasteiger partial charge < -0.3 is 25.0 Å². The number of fused-ring (bicyclic) bond motifs is 5. The number of carbonyl (C=O) groups is 3. The Labute approximate surface area is 221 Å². The summed E-state index contributed by atoms with van der Waals surface area (Å²) in [6.07, 6.45) is 7.83. The summed E-state index contributed by atoms with van der Waals surface area (Å²) in [5.41, 5.74) is 4.08. The van der Waals surface area contributed by atoms with E-state index in [4.69, 9.17) is 9.84 Å². The highest BCUT2D eigenvalue weighted by molar-refractivity contribution is 6.04. The monoisotopic (exact) mass is 515 g/mol. The molecule has 2 heterocycles. The normalized spacial score (nSPS) is 18.3. The lowest BCUT2D eigenvalue weighted by Crippen LogP contribution is -2.63. The van der Waals surface area contributed by atoms with E-state index in [2.05, 4.69) is 27.3 Å². The highest BCUT2D eigenvalue weighted by Crippen LogP contribution is 2.47. The first-order chi connectivity index (χ1) is 18.5. The number of rotatable bonds is 6. The number of aromatic nitrogens is 1. The molecule has 0 atom stereocenters. The van der Waals surface area contributed by atoms with Crippen LogP contribution in [-0.4, -0.2) is 46.1 Å². The van der Waals surface area contributed by atoms with Crippen molar-refractivity contribution >= 4 is 28.7 Å². The minimum atomic E-state index is -1.11. The zero-order valence-electron chi connectivity index (χ0n) is 21.4. The number of aliphatic carboxylic acids is 1. The smallest absolute Gasteiger partial charge is 0.322 e. The number of benzene rings is 2. The van der Waals surface area contributed by atoms with Crippen LogP contribution in [0, 0.1) is 0 Å². The Morgan fingerprint density at radius 2 is 1.82 bits per heavy atom. The molecule has 8 heteroatoms. The molecule has 3 aromatic rings. The second-order valence-corrected chi connectivity index (χ2v) is 10.8. The number of nitrogens with zero attached hydrogens (tertiary/aromatic N) is 1. The topological polar surface area (TPSA) is 110 Å². The van der Waals surface area contributed by atoms with Gasteiger partial charge in [-0.2, -0.15) is 0 Å². The maximum absolute atomic E-state index is 13.4. The highest BCUT2D eigenvalue weighted by atomic mass is 16.5. The van der Waals surface area contributed by atoms with E-state index >= 15 is 0 Å². The molecule has 2 amide bonds. The average molecular weight is 516 g/mol. The average Bonchev–Trinajstić information content (AvgIpc) is 3.10. The van der Waals surface area contributed by atoms with Crippen LogP contribution in [0.1, 0.15) is 73.2 Å². The van der Waals surface area contributed by atoms with Gasteiger partial charge in [0.1, 0.15) is 24.4 Å². The van der Waals surface area contributed by atoms with Gasteiger partial charge in [-0.1, -0.05) is 37.5 Å². The molecule has 2 aliphatic carbocycles. The van der Waals surface area contributed by atoms with E-state index in [0.29, 0.717) is 37.5 Å². The summed E-state index contributed by atoms with van der Waals surface area (Å²) in [7, 11) is 0. The molecule has 1 aromatic heterocycles. The maximum atomic E-state index is 13.4. The molecule has 2 fully saturated rings. The van der Waals surface area contributed by atoms with Crippen LogP contribution in [0.25, 0.3) is 22.2 Å². The van der Waals surface area contributed by atoms with E-state index < -0.39 is 24.0 Å². The quantitative estimate of drug-likeness (QED) is 0.445. The van der Waals surface area contributed by atoms with Crippen LogP contribution in [-0.2, 0) is 16.1 Å². The Kier molecular flexibility index (Phi) is 6.33. The van der Waals surface area contributed by atoms with Crippen LogP contribution < -0.4 is 15.4 Å². The predicted molar refractivity (Wildman–Crippen MR) is 143 cm³/mol. The lowest BCUT2D eigenvalue weighted by Gasteiger charge is -2.40. The number of carbonyl (C=O) groups excluding carboxylic acids is 2. The molecule has 0 unspecified atom stereocenters. The number of hydrogen-bond donors (Lipinski definition) is 3. The molecule has 8 nitrogen and oxygen atoms in total. The van der Waals surface area contributed by atoms with Crippen LogP contribution in [0.4, 0.5) is 0 Å². The van der Waals surface area contributed by atoms with Gasteiger partial charge in [0.15, 0.2) is 0 Å². The highest BCUT2D eigenvalue weighted by Gasteiger charge is 2.45. The second kappa shape index (κ2) is 9.82. The van der Waals surface area contributed by atoms with Crippen LogP contribution in [0.15, 0.2) is 42.5 Å². The number of ether oxygens (including phenoxy) is 1. The fourth-order valence-electron chi connectivity index (χ4n) is 6.43. The first-order valence-corrected chi connectivity index (χ1v) is 13.7. The SMILES string of the molecule is O=C(O)CNC(=O)C1(NC(=O)c2ccc3c(C4CCCCC4)c4n(c3c2)CCOc2ccccc2-4)CCC1. The van der Waals surface area contributed by atoms with Crippen LogP contribution in [0.2, 0.25) is 0 Å². The Morgan fingerprint density at radius 3 is 2.55 bits per heavy atom. The van der Waals surface area contributed by atoms with Crippen molar-refractivity contribution in [2.24, 2.45) is 0 Å². The second-order valence-electron chi connectivity index (χ2n) is 10.8. The van der Waals surface area contributed by atoms with E-state index in [-0.39, 0.29) is 5.91 Å². The van der Waals surface area contributed by atoms with Crippen molar-refractivity contribution in [2.45, 2.75) is 69.4 Å². The molecule has 198 valence electrons. The molecule has 0 spiro atoms. The van der Waals surface area contributed by atoms with Gasteiger partial charge in [-0.25, -0.2) is 0 Å². The molecule has 3 N–H and O–H groups in total. The number of carboxylic acid groups (broad SMARTS) is 1. The summed E-state index contributed by atoms with van der Waals surface area (Å²) in [6, 6.07) is 14.1. The number of carboxylic acids is 1. The molecule has 2 aromatic carbocycles. The number of nitrogens with one attached hydrogen (secondary N) is 2. The largest absolute Gasteiger partial charge is 0.491 e. The van der Waals surface area contributed by atoms with Gasteiger partial charge in [0, 0.05) is 22.0 Å². The Balaban J connectivity index is 1.40. The first kappa shape index (κ1) is 24.5. The zero-order chi connectivity index (χ0) is 26.3. The van der Waals surface area contributed by atoms with E-state index in [1.165, 1.54) is 35.9 Å². The van der Waals surface area contributed by atoms with Gasteiger partial charge in [-0.3, -0.25) is 14.4 Å². The molecule has 0 bridgehead atoms. The van der Waals surface area contributed by atoms with Crippen molar-refractivity contribution in [2.75, 3.05) is 13.2 Å². The molecular formula is C30H33N3O5. The van der Waals surface area contributed by atoms with Crippen molar-refractivity contribution in [3.63, 3.8) is 0 Å². The third-order valence-electron chi connectivity index (χ3n) is 8.49. The number of hydrogen-bond acceptors (Lipinski definition) is 4. The summed E-state index contributed by atoms with van der Waals surface area (Å²) >= 11 is 0. The van der Waals surface area contributed by atoms with E-state index in [0.717, 1.165) is 36.1 Å². The summed E-state index contributed by atoms with van der Waals surface area (Å²) in [6.45, 7) is 0.757. The minimum Gasteiger partial charge on any atom is -0.491 e. The third kappa shape index (κ3) is 4.22. The Bertz CT molecular complexity index is 1410. The van der Waals surface area contributed by atoms with Gasteiger partial charge in [0.2, 0.25) is 5.91 Å². The van der Waals surface area contributed by atoms with E-state index in [1.807, 2.05) is 30.3 Å². The summed E-state index contributed by atoms with van der Waals surface area (Å²) in [5, 5.41) is 15.5. The molecule has 2 saturated carbocycles. The molecule has 0 radical (unpaired) electrons. The van der Waals surface area contributed by atoms with Crippen molar-refractivity contribution in [1.82, 2.24) is 15.2 Å². The summed E-state index contributed by atoms with van der Waals surface area (Å²) in [5.74, 6) is -0.520. The van der Waals surface area contributed by atoms with Crippen LogP contribution in [0.5, 0.6) is 5.75 Å². The lowest BCUT2D eigenvalue weighted by atomic mass is 9.75. The van der Waals surface area contributed by atoms with Crippen LogP contribution >= 0.6 is 0 Å². The molecule has 38 heavy (non-hydrogen) atoms. The molecular weight excluding hydrogens is 482 g/mol. The van der Waals surface area contributed by atoms with Gasteiger partial charge in [0.05, 0.1) is 12.2 Å². The molecule has 3 aliphatic rings. The summed E-state index contributed by atoms with van der Waals surface area (Å²) < 4.78 is 8.43. The maximum Gasteiger partial charge on any atom is 0.322 e. The van der Waals surface area contributed by atoms with Crippen molar-refractivity contribution < 1.29 is 24.2 Å². The Hall–Kier alpha value is -3.81. The third-order valence-corrected chi connectivity index (χ3v) is 8.49. The van der Waals surface area contributed by atoms with Crippen molar-refractivity contribution in [1.29, 1.82) is 0 Å². The minimum absolute atomic E-state index is 0.322. The van der Waals surface area contributed by atoms with E-state index in [9.17, 15) is 14.4 Å². The number of para-hydroxylation sites is 1. The van der Waals surface area contributed by atoms with Gasteiger partial charge in [-0.05, 0) is 67.9 Å². The first-order valence-electron chi connectivity index (χ1n) is 13.7. The van der Waals surface area contributed by atoms with Crippen LogP contribution in [0.3, 0.4) is 0 Å². The van der Waals surface area contributed by atoms with Gasteiger partial charge in [0.25, 0.3) is 5.91 Å². The van der Waals surface area contributed by atoms with E-state index in [1.54, 1.807) is 0 Å². The van der Waals surface area contributed by atoms with Gasteiger partial charge in [-0.15, -0.1) is 0 Å². The van der Waals surface area contributed by atoms with Crippen molar-refractivity contribution in [3.8, 4) is 17.0 Å². The van der Waals surface area contributed by atoms with Gasteiger partial charge >= 0.3 is 5.97 Å². The van der Waals surface area contributed by atoms with Crippen molar-refractivity contribution in [3.05, 3.63) is 53.6 Å². The predicted octanol–water partition coefficient (Wildman–Crippen LogP) is 4.60. The standard InChI is InChI=1S/C30H33N3O5/c34-25(35)18-31-29(37)30(13-6-14-30)32-28(36)20-11-12-21-23(17-20)33-15-16-38-24-10-5-4-9-22(24)27(33)26(21)19-7-2-1-3-8-19/h4-5,9-12,17,19H,1-3,6-8,13-16,18H2,(H,31,37)(H,32,36)(H,34,35). The zero-order valence-corrected chi connectivity index (χ0v) is 21.4. The molecule has 1 aliphatic heterocycles. The fraction of sp³-hybridized carbons (Fsp3) is 0.433. The number of amides is 2. The lowest BCUT2D eigenvalue weighted by molar-refractivity contribution is -0.139. The fourth-order valence-corrected chi connectivity index (χ4v) is 6.43. The Morgan fingerprint density at radius 1 is 1.03 bits per heavy atom. The summed E-state index contributed by atoms with van der Waals surface area (Å²) in [4.78, 5) is 37.1. The molecule has 6 rings (SSSR count). The molecule has 0 saturated heterocycles.